The molecule has 0 bridgehead atoms. The molecule has 0 radical (unpaired) electrons. The molecule has 1 aliphatic rings. The molecule has 0 saturated heterocycles. The van der Waals surface area contributed by atoms with Gasteiger partial charge in [0.2, 0.25) is 0 Å². The van der Waals surface area contributed by atoms with Gasteiger partial charge in [-0.25, -0.2) is 0 Å². The molecule has 1 amide bonds. The Morgan fingerprint density at radius 2 is 2.20 bits per heavy atom. The zero-order valence-corrected chi connectivity index (χ0v) is 12.3. The summed E-state index contributed by atoms with van der Waals surface area (Å²) in [6, 6.07) is 6.23. The van der Waals surface area contributed by atoms with Gasteiger partial charge in [0.25, 0.3) is 5.91 Å². The molecule has 1 aliphatic heterocycles. The Bertz CT molecular complexity index is 558. The third-order valence-electron chi connectivity index (χ3n) is 3.65. The maximum Gasteiger partial charge on any atom is 0.256 e. The molecule has 0 saturated carbocycles. The quantitative estimate of drug-likeness (QED) is 0.774. The lowest BCUT2D eigenvalue weighted by Crippen LogP contribution is -2.31. The van der Waals surface area contributed by atoms with Gasteiger partial charge in [0.05, 0.1) is 17.2 Å². The van der Waals surface area contributed by atoms with Gasteiger partial charge < -0.3 is 9.64 Å². The topological polar surface area (TPSA) is 53.3 Å². The fourth-order valence-electron chi connectivity index (χ4n) is 2.61. The van der Waals surface area contributed by atoms with Crippen molar-refractivity contribution in [2.75, 3.05) is 13.7 Å². The van der Waals surface area contributed by atoms with Gasteiger partial charge in [-0.15, -0.1) is 0 Å². The van der Waals surface area contributed by atoms with E-state index in [2.05, 4.69) is 12.1 Å². The van der Waals surface area contributed by atoms with Crippen LogP contribution in [0.2, 0.25) is 0 Å². The summed E-state index contributed by atoms with van der Waals surface area (Å²) in [6.45, 7) is 5.30. The summed E-state index contributed by atoms with van der Waals surface area (Å²) in [5.74, 6) is -0.0185. The van der Waals surface area contributed by atoms with Gasteiger partial charge in [0.15, 0.2) is 0 Å². The number of carbonyl (C=O) groups is 1. The van der Waals surface area contributed by atoms with Crippen LogP contribution in [-0.4, -0.2) is 30.6 Å². The van der Waals surface area contributed by atoms with Gasteiger partial charge in [-0.05, 0) is 43.9 Å². The van der Waals surface area contributed by atoms with Crippen LogP contribution < -0.4 is 0 Å². The van der Waals surface area contributed by atoms with Gasteiger partial charge in [0, 0.05) is 26.3 Å². The highest BCUT2D eigenvalue weighted by Crippen LogP contribution is 2.29. The standard InChI is InChI=1S/C16H20N2O2/c1-11(2)18-10-14-8-12(5-4-6-20-3)7-13(9-17)15(14)16(18)19/h7-8,11H,4-6,10H2,1-3H3. The molecule has 0 unspecified atom stereocenters. The van der Waals surface area contributed by atoms with Crippen LogP contribution >= 0.6 is 0 Å². The van der Waals surface area contributed by atoms with Crippen LogP contribution in [-0.2, 0) is 17.7 Å². The second-order valence-electron chi connectivity index (χ2n) is 5.41. The molecule has 4 heteroatoms. The number of amides is 1. The number of benzene rings is 1. The lowest BCUT2D eigenvalue weighted by molar-refractivity contribution is 0.0730. The fraction of sp³-hybridized carbons (Fsp3) is 0.500. The molecule has 1 aromatic rings. The highest BCUT2D eigenvalue weighted by atomic mass is 16.5. The highest BCUT2D eigenvalue weighted by molar-refractivity contribution is 6.00. The summed E-state index contributed by atoms with van der Waals surface area (Å²) in [7, 11) is 1.68. The molecule has 4 nitrogen and oxygen atoms in total. The highest BCUT2D eigenvalue weighted by Gasteiger charge is 2.31. The molecule has 0 N–H and O–H groups in total. The number of hydrogen-bond acceptors (Lipinski definition) is 3. The van der Waals surface area contributed by atoms with Gasteiger partial charge in [-0.2, -0.15) is 5.26 Å². The molecule has 0 spiro atoms. The van der Waals surface area contributed by atoms with Crippen molar-refractivity contribution in [3.63, 3.8) is 0 Å². The fourth-order valence-corrected chi connectivity index (χ4v) is 2.61. The second-order valence-corrected chi connectivity index (χ2v) is 5.41. The molecule has 1 aromatic carbocycles. The van der Waals surface area contributed by atoms with E-state index in [1.165, 1.54) is 0 Å². The van der Waals surface area contributed by atoms with Gasteiger partial charge in [0.1, 0.15) is 0 Å². The second kappa shape index (κ2) is 6.06. The average molecular weight is 272 g/mol. The molecular weight excluding hydrogens is 252 g/mol. The zero-order valence-electron chi connectivity index (χ0n) is 12.3. The molecule has 20 heavy (non-hydrogen) atoms. The minimum atomic E-state index is -0.0185. The van der Waals surface area contributed by atoms with Crippen molar-refractivity contribution in [2.24, 2.45) is 0 Å². The van der Waals surface area contributed by atoms with Gasteiger partial charge in [-0.1, -0.05) is 6.07 Å². The lowest BCUT2D eigenvalue weighted by Gasteiger charge is -2.19. The van der Waals surface area contributed by atoms with Crippen molar-refractivity contribution >= 4 is 5.91 Å². The van der Waals surface area contributed by atoms with Crippen molar-refractivity contribution in [2.45, 2.75) is 39.3 Å². The number of hydrogen-bond donors (Lipinski definition) is 0. The molecule has 0 aliphatic carbocycles. The minimum Gasteiger partial charge on any atom is -0.385 e. The molecule has 0 aromatic heterocycles. The first kappa shape index (κ1) is 14.5. The Morgan fingerprint density at radius 1 is 1.45 bits per heavy atom. The summed E-state index contributed by atoms with van der Waals surface area (Å²) in [4.78, 5) is 14.2. The third kappa shape index (κ3) is 2.68. The number of rotatable bonds is 5. The third-order valence-corrected chi connectivity index (χ3v) is 3.65. The van der Waals surface area contributed by atoms with Crippen LogP contribution in [0.5, 0.6) is 0 Å². The van der Waals surface area contributed by atoms with Crippen LogP contribution in [0.1, 0.15) is 47.3 Å². The maximum atomic E-state index is 12.3. The maximum absolute atomic E-state index is 12.3. The average Bonchev–Trinajstić information content (AvgIpc) is 2.76. The summed E-state index contributed by atoms with van der Waals surface area (Å²) in [6.07, 6.45) is 1.79. The van der Waals surface area contributed by atoms with E-state index in [4.69, 9.17) is 4.74 Å². The normalized spacial score (nSPS) is 13.8. The van der Waals surface area contributed by atoms with Crippen LogP contribution in [0.3, 0.4) is 0 Å². The van der Waals surface area contributed by atoms with Crippen LogP contribution in [0, 0.1) is 11.3 Å². The van der Waals surface area contributed by atoms with E-state index in [0.29, 0.717) is 24.3 Å². The predicted octanol–water partition coefficient (Wildman–Crippen LogP) is 2.50. The Balaban J connectivity index is 2.31. The number of nitriles is 1. The van der Waals surface area contributed by atoms with E-state index in [9.17, 15) is 10.1 Å². The summed E-state index contributed by atoms with van der Waals surface area (Å²) in [5, 5.41) is 9.30. The Kier molecular flexibility index (Phi) is 4.41. The number of aryl methyl sites for hydroxylation is 1. The van der Waals surface area contributed by atoms with E-state index in [1.807, 2.05) is 24.8 Å². The lowest BCUT2D eigenvalue weighted by atomic mass is 9.98. The number of nitrogens with zero attached hydrogens (tertiary/aromatic N) is 2. The molecule has 106 valence electrons. The smallest absolute Gasteiger partial charge is 0.256 e. The van der Waals surface area contributed by atoms with E-state index in [-0.39, 0.29) is 11.9 Å². The molecule has 0 atom stereocenters. The Morgan fingerprint density at radius 3 is 2.80 bits per heavy atom. The monoisotopic (exact) mass is 272 g/mol. The summed E-state index contributed by atoms with van der Waals surface area (Å²) < 4.78 is 5.05. The number of carbonyl (C=O) groups excluding carboxylic acids is 1. The van der Waals surface area contributed by atoms with Crippen LogP contribution in [0.25, 0.3) is 0 Å². The van der Waals surface area contributed by atoms with Gasteiger partial charge >= 0.3 is 0 Å². The van der Waals surface area contributed by atoms with Crippen LogP contribution in [0.15, 0.2) is 12.1 Å². The first-order chi connectivity index (χ1) is 9.58. The molecule has 0 fully saturated rings. The van der Waals surface area contributed by atoms with E-state index in [0.717, 1.165) is 24.0 Å². The predicted molar refractivity (Wildman–Crippen MR) is 76.4 cm³/mol. The van der Waals surface area contributed by atoms with Crippen molar-refractivity contribution in [3.05, 3.63) is 34.4 Å². The van der Waals surface area contributed by atoms with Crippen molar-refractivity contribution < 1.29 is 9.53 Å². The number of methoxy groups -OCH3 is 1. The minimum absolute atomic E-state index is 0.0185. The number of ether oxygens (including phenoxy) is 1. The SMILES string of the molecule is COCCCc1cc(C#N)c2c(c1)CN(C(C)C)C2=O. The first-order valence-corrected chi connectivity index (χ1v) is 6.94. The number of fused-ring (bicyclic) bond motifs is 1. The van der Waals surface area contributed by atoms with Crippen LogP contribution in [0.4, 0.5) is 0 Å². The summed E-state index contributed by atoms with van der Waals surface area (Å²) >= 11 is 0. The summed E-state index contributed by atoms with van der Waals surface area (Å²) in [5.41, 5.74) is 3.19. The molecular formula is C16H20N2O2. The van der Waals surface area contributed by atoms with Crippen molar-refractivity contribution in [1.29, 1.82) is 5.26 Å². The van der Waals surface area contributed by atoms with E-state index in [1.54, 1.807) is 7.11 Å². The van der Waals surface area contributed by atoms with E-state index < -0.39 is 0 Å². The zero-order chi connectivity index (χ0) is 14.7. The van der Waals surface area contributed by atoms with Crippen molar-refractivity contribution in [3.8, 4) is 6.07 Å². The Labute approximate surface area is 120 Å². The first-order valence-electron chi connectivity index (χ1n) is 6.94. The Hall–Kier alpha value is -1.86. The van der Waals surface area contributed by atoms with E-state index >= 15 is 0 Å². The molecule has 2 rings (SSSR count). The van der Waals surface area contributed by atoms with Gasteiger partial charge in [-0.3, -0.25) is 4.79 Å². The largest absolute Gasteiger partial charge is 0.385 e. The molecule has 1 heterocycles. The van der Waals surface area contributed by atoms with Crippen molar-refractivity contribution in [1.82, 2.24) is 4.90 Å².